The number of pyridine rings is 1. The molecule has 2 heterocycles. The number of rotatable bonds is 3. The van der Waals surface area contributed by atoms with Gasteiger partial charge in [0.15, 0.2) is 11.6 Å². The number of aromatic hydroxyl groups is 1. The largest absolute Gasteiger partial charge is 0.505 e. The van der Waals surface area contributed by atoms with Gasteiger partial charge in [-0.3, -0.25) is 4.98 Å². The van der Waals surface area contributed by atoms with Crippen LogP contribution in [0.4, 0.5) is 11.5 Å². The van der Waals surface area contributed by atoms with E-state index in [2.05, 4.69) is 20.3 Å². The Morgan fingerprint density at radius 3 is 2.35 bits per heavy atom. The average Bonchev–Trinajstić information content (AvgIpc) is 2.53. The van der Waals surface area contributed by atoms with E-state index in [9.17, 15) is 5.11 Å². The SMILES string of the molecule is Oc1c(Cl)cc(Nc2cc(Cl)nc(-c3ccccn3)n2)cc1Cl. The third kappa shape index (κ3) is 3.64. The van der Waals surface area contributed by atoms with Crippen molar-refractivity contribution in [2.75, 3.05) is 5.32 Å². The van der Waals surface area contributed by atoms with Crippen molar-refractivity contribution in [2.24, 2.45) is 0 Å². The number of nitrogens with one attached hydrogen (secondary N) is 1. The van der Waals surface area contributed by atoms with E-state index < -0.39 is 0 Å². The zero-order valence-electron chi connectivity index (χ0n) is 11.5. The summed E-state index contributed by atoms with van der Waals surface area (Å²) in [5.41, 5.74) is 1.15. The number of phenolic OH excluding ortho intramolecular Hbond substituents is 1. The van der Waals surface area contributed by atoms with E-state index >= 15 is 0 Å². The van der Waals surface area contributed by atoms with Crippen LogP contribution in [0.3, 0.4) is 0 Å². The van der Waals surface area contributed by atoms with Crippen molar-refractivity contribution in [1.82, 2.24) is 15.0 Å². The Morgan fingerprint density at radius 2 is 1.70 bits per heavy atom. The van der Waals surface area contributed by atoms with Gasteiger partial charge in [-0.1, -0.05) is 40.9 Å². The Hall–Kier alpha value is -2.08. The summed E-state index contributed by atoms with van der Waals surface area (Å²) in [7, 11) is 0. The predicted molar refractivity (Wildman–Crippen MR) is 91.7 cm³/mol. The zero-order valence-corrected chi connectivity index (χ0v) is 13.7. The van der Waals surface area contributed by atoms with Gasteiger partial charge in [0.2, 0.25) is 0 Å². The summed E-state index contributed by atoms with van der Waals surface area (Å²) in [6.07, 6.45) is 1.65. The van der Waals surface area contributed by atoms with Crippen LogP contribution in [0.2, 0.25) is 15.2 Å². The van der Waals surface area contributed by atoms with Gasteiger partial charge in [-0.05, 0) is 24.3 Å². The average molecular weight is 368 g/mol. The molecule has 2 aromatic heterocycles. The van der Waals surface area contributed by atoms with Crippen molar-refractivity contribution in [2.45, 2.75) is 0 Å². The molecule has 2 N–H and O–H groups in total. The standard InChI is InChI=1S/C15H9Cl3N4O/c16-9-5-8(6-10(17)14(9)23)20-13-7-12(18)21-15(22-13)11-3-1-2-4-19-11/h1-7,23H,(H,20,21,22). The predicted octanol–water partition coefficient (Wildman–Crippen LogP) is 4.95. The van der Waals surface area contributed by atoms with Crippen molar-refractivity contribution in [3.8, 4) is 17.3 Å². The molecule has 3 rings (SSSR count). The molecule has 0 fully saturated rings. The minimum absolute atomic E-state index is 0.130. The maximum Gasteiger partial charge on any atom is 0.181 e. The fourth-order valence-corrected chi connectivity index (χ4v) is 2.55. The Balaban J connectivity index is 1.96. The van der Waals surface area contributed by atoms with E-state index in [4.69, 9.17) is 34.8 Å². The molecule has 3 aromatic rings. The van der Waals surface area contributed by atoms with Gasteiger partial charge in [0, 0.05) is 18.0 Å². The first-order valence-corrected chi connectivity index (χ1v) is 7.57. The third-order valence-corrected chi connectivity index (χ3v) is 3.65. The molecule has 5 nitrogen and oxygen atoms in total. The van der Waals surface area contributed by atoms with Crippen molar-refractivity contribution in [3.05, 3.63) is 57.8 Å². The van der Waals surface area contributed by atoms with Gasteiger partial charge in [0.1, 0.15) is 16.7 Å². The monoisotopic (exact) mass is 366 g/mol. The number of hydrogen-bond donors (Lipinski definition) is 2. The van der Waals surface area contributed by atoms with Crippen LogP contribution < -0.4 is 5.32 Å². The fraction of sp³-hybridized carbons (Fsp3) is 0. The smallest absolute Gasteiger partial charge is 0.181 e. The van der Waals surface area contributed by atoms with Crippen LogP contribution >= 0.6 is 34.8 Å². The number of halogens is 3. The van der Waals surface area contributed by atoms with Crippen molar-refractivity contribution >= 4 is 46.3 Å². The van der Waals surface area contributed by atoms with Crippen molar-refractivity contribution in [3.63, 3.8) is 0 Å². The fourth-order valence-electron chi connectivity index (χ4n) is 1.88. The normalized spacial score (nSPS) is 10.6. The van der Waals surface area contributed by atoms with Crippen molar-refractivity contribution in [1.29, 1.82) is 0 Å². The molecule has 23 heavy (non-hydrogen) atoms. The van der Waals surface area contributed by atoms with E-state index in [1.165, 1.54) is 12.1 Å². The molecule has 0 aliphatic rings. The second kappa shape index (κ2) is 6.58. The highest BCUT2D eigenvalue weighted by Crippen LogP contribution is 2.35. The highest BCUT2D eigenvalue weighted by Gasteiger charge is 2.10. The lowest BCUT2D eigenvalue weighted by Gasteiger charge is -2.09. The second-order valence-corrected chi connectivity index (χ2v) is 5.73. The number of aromatic nitrogens is 3. The molecule has 0 radical (unpaired) electrons. The molecule has 0 aliphatic carbocycles. The molecule has 0 spiro atoms. The third-order valence-electron chi connectivity index (χ3n) is 2.88. The van der Waals surface area contributed by atoms with E-state index in [1.807, 2.05) is 6.07 Å². The molecule has 8 heteroatoms. The van der Waals surface area contributed by atoms with Gasteiger partial charge in [0.25, 0.3) is 0 Å². The van der Waals surface area contributed by atoms with E-state index in [0.29, 0.717) is 23.0 Å². The number of anilines is 2. The highest BCUT2D eigenvalue weighted by molar-refractivity contribution is 6.37. The first-order chi connectivity index (χ1) is 11.0. The maximum atomic E-state index is 9.59. The van der Waals surface area contributed by atoms with Crippen LogP contribution in [-0.2, 0) is 0 Å². The Bertz CT molecular complexity index is 836. The molecule has 0 bridgehead atoms. The van der Waals surface area contributed by atoms with Crippen LogP contribution in [0.15, 0.2) is 42.6 Å². The van der Waals surface area contributed by atoms with E-state index in [-0.39, 0.29) is 20.9 Å². The summed E-state index contributed by atoms with van der Waals surface area (Å²) in [6, 6.07) is 10.0. The molecule has 116 valence electrons. The Kier molecular flexibility index (Phi) is 4.52. The molecule has 0 aliphatic heterocycles. The minimum Gasteiger partial charge on any atom is -0.505 e. The zero-order chi connectivity index (χ0) is 16.4. The lowest BCUT2D eigenvalue weighted by atomic mass is 10.3. The number of benzene rings is 1. The summed E-state index contributed by atoms with van der Waals surface area (Å²) >= 11 is 17.8. The summed E-state index contributed by atoms with van der Waals surface area (Å²) in [5, 5.41) is 13.1. The molecular formula is C15H9Cl3N4O. The van der Waals surface area contributed by atoms with Gasteiger partial charge < -0.3 is 10.4 Å². The quantitative estimate of drug-likeness (QED) is 0.506. The number of hydrogen-bond acceptors (Lipinski definition) is 5. The second-order valence-electron chi connectivity index (χ2n) is 4.53. The highest BCUT2D eigenvalue weighted by atomic mass is 35.5. The van der Waals surface area contributed by atoms with Crippen LogP contribution in [0.1, 0.15) is 0 Å². The van der Waals surface area contributed by atoms with Gasteiger partial charge >= 0.3 is 0 Å². The lowest BCUT2D eigenvalue weighted by molar-refractivity contribution is 0.476. The van der Waals surface area contributed by atoms with Crippen LogP contribution in [0, 0.1) is 0 Å². The first-order valence-electron chi connectivity index (χ1n) is 6.44. The molecule has 0 saturated heterocycles. The maximum absolute atomic E-state index is 9.59. The first kappa shape index (κ1) is 15.8. The van der Waals surface area contributed by atoms with Gasteiger partial charge in [-0.2, -0.15) is 0 Å². The summed E-state index contributed by atoms with van der Waals surface area (Å²) in [5.74, 6) is 0.661. The van der Waals surface area contributed by atoms with E-state index in [1.54, 1.807) is 24.4 Å². The van der Waals surface area contributed by atoms with Crippen LogP contribution in [0.25, 0.3) is 11.5 Å². The molecule has 0 atom stereocenters. The number of phenols is 1. The minimum atomic E-state index is -0.172. The Morgan fingerprint density at radius 1 is 0.957 bits per heavy atom. The molecule has 0 saturated carbocycles. The summed E-state index contributed by atoms with van der Waals surface area (Å²) in [4.78, 5) is 12.7. The molecular weight excluding hydrogens is 359 g/mol. The molecule has 0 unspecified atom stereocenters. The summed E-state index contributed by atoms with van der Waals surface area (Å²) in [6.45, 7) is 0. The van der Waals surface area contributed by atoms with Crippen LogP contribution in [0.5, 0.6) is 5.75 Å². The van der Waals surface area contributed by atoms with Gasteiger partial charge in [-0.25, -0.2) is 9.97 Å². The molecule has 0 amide bonds. The number of nitrogens with zero attached hydrogens (tertiary/aromatic N) is 3. The van der Waals surface area contributed by atoms with E-state index in [0.717, 1.165) is 0 Å². The lowest BCUT2D eigenvalue weighted by Crippen LogP contribution is -1.98. The topological polar surface area (TPSA) is 70.9 Å². The Labute approximate surface area is 146 Å². The summed E-state index contributed by atoms with van der Waals surface area (Å²) < 4.78 is 0. The van der Waals surface area contributed by atoms with Gasteiger partial charge in [0.05, 0.1) is 10.0 Å². The van der Waals surface area contributed by atoms with Crippen molar-refractivity contribution < 1.29 is 5.11 Å². The van der Waals surface area contributed by atoms with Gasteiger partial charge in [-0.15, -0.1) is 0 Å². The molecule has 1 aromatic carbocycles. The van der Waals surface area contributed by atoms with Crippen LogP contribution in [-0.4, -0.2) is 20.1 Å².